The maximum atomic E-state index is 12.7. The summed E-state index contributed by atoms with van der Waals surface area (Å²) < 4.78 is 5.54. The molecule has 0 aliphatic carbocycles. The average molecular weight is 356 g/mol. The number of amides is 2. The van der Waals surface area contributed by atoms with E-state index in [-0.39, 0.29) is 5.91 Å². The highest BCUT2D eigenvalue weighted by molar-refractivity contribution is 7.14. The Morgan fingerprint density at radius 2 is 2.20 bits per heavy atom. The predicted molar refractivity (Wildman–Crippen MR) is 92.3 cm³/mol. The standard InChI is InChI=1S/C17H16N4O3S/c1-9-2-3-13(24-9)11-7-12(20-19-11)17(23)21-5-4-14-10(8-21)6-15(25-14)16(18)22/h2-3,6-7H,4-5,8H2,1H3,(H2,18,22)(H,19,20). The summed E-state index contributed by atoms with van der Waals surface area (Å²) in [5, 5.41) is 6.96. The van der Waals surface area contributed by atoms with Crippen molar-refractivity contribution in [3.63, 3.8) is 0 Å². The van der Waals surface area contributed by atoms with Crippen LogP contribution in [0.2, 0.25) is 0 Å². The average Bonchev–Trinajstić information content (AvgIpc) is 3.31. The van der Waals surface area contributed by atoms with E-state index < -0.39 is 5.91 Å². The van der Waals surface area contributed by atoms with Gasteiger partial charge >= 0.3 is 0 Å². The first-order chi connectivity index (χ1) is 12.0. The highest BCUT2D eigenvalue weighted by Crippen LogP contribution is 2.29. The Labute approximate surface area is 147 Å². The number of aromatic nitrogens is 2. The summed E-state index contributed by atoms with van der Waals surface area (Å²) in [5.74, 6) is 0.865. The molecule has 4 rings (SSSR count). The van der Waals surface area contributed by atoms with Crippen LogP contribution in [0.15, 0.2) is 28.7 Å². The van der Waals surface area contributed by atoms with E-state index in [1.807, 2.05) is 19.1 Å². The van der Waals surface area contributed by atoms with Crippen molar-refractivity contribution in [2.75, 3.05) is 6.54 Å². The fraction of sp³-hybridized carbons (Fsp3) is 0.235. The van der Waals surface area contributed by atoms with Crippen LogP contribution in [-0.2, 0) is 13.0 Å². The first-order valence-corrected chi connectivity index (χ1v) is 8.66. The van der Waals surface area contributed by atoms with Crippen LogP contribution >= 0.6 is 11.3 Å². The van der Waals surface area contributed by atoms with E-state index in [4.69, 9.17) is 10.2 Å². The summed E-state index contributed by atoms with van der Waals surface area (Å²) >= 11 is 1.41. The molecule has 0 saturated heterocycles. The predicted octanol–water partition coefficient (Wildman–Crippen LogP) is 2.34. The lowest BCUT2D eigenvalue weighted by atomic mass is 10.1. The third-order valence-corrected chi connectivity index (χ3v) is 5.45. The summed E-state index contributed by atoms with van der Waals surface area (Å²) in [6.45, 7) is 2.91. The molecule has 0 unspecified atom stereocenters. The molecule has 3 aromatic heterocycles. The quantitative estimate of drug-likeness (QED) is 0.751. The second-order valence-electron chi connectivity index (χ2n) is 5.98. The molecule has 1 aliphatic rings. The normalized spacial score (nSPS) is 13.7. The van der Waals surface area contributed by atoms with Gasteiger partial charge in [0.15, 0.2) is 11.5 Å². The Kier molecular flexibility index (Phi) is 3.69. The minimum absolute atomic E-state index is 0.150. The number of fused-ring (bicyclic) bond motifs is 1. The molecule has 0 aromatic carbocycles. The van der Waals surface area contributed by atoms with E-state index in [1.165, 1.54) is 11.3 Å². The first kappa shape index (κ1) is 15.6. The third kappa shape index (κ3) is 2.85. The van der Waals surface area contributed by atoms with Crippen molar-refractivity contribution in [3.8, 4) is 11.5 Å². The van der Waals surface area contributed by atoms with Crippen LogP contribution in [0.3, 0.4) is 0 Å². The highest BCUT2D eigenvalue weighted by atomic mass is 32.1. The van der Waals surface area contributed by atoms with E-state index in [9.17, 15) is 9.59 Å². The number of H-pyrrole nitrogens is 1. The monoisotopic (exact) mass is 356 g/mol. The van der Waals surface area contributed by atoms with Crippen molar-refractivity contribution in [1.82, 2.24) is 15.1 Å². The van der Waals surface area contributed by atoms with Gasteiger partial charge in [0.2, 0.25) is 0 Å². The number of carbonyl (C=O) groups excluding carboxylic acids is 2. The zero-order valence-corrected chi connectivity index (χ0v) is 14.4. The van der Waals surface area contributed by atoms with Gasteiger partial charge in [0.05, 0.1) is 4.88 Å². The number of aromatic amines is 1. The van der Waals surface area contributed by atoms with Crippen molar-refractivity contribution in [2.24, 2.45) is 5.73 Å². The number of nitrogens with zero attached hydrogens (tertiary/aromatic N) is 2. The van der Waals surface area contributed by atoms with Gasteiger partial charge in [-0.25, -0.2) is 0 Å². The van der Waals surface area contributed by atoms with Crippen molar-refractivity contribution in [1.29, 1.82) is 0 Å². The van der Waals surface area contributed by atoms with Gasteiger partial charge in [0.25, 0.3) is 11.8 Å². The van der Waals surface area contributed by atoms with Crippen LogP contribution in [0, 0.1) is 6.92 Å². The number of nitrogens with two attached hydrogens (primary N) is 1. The van der Waals surface area contributed by atoms with Gasteiger partial charge in [-0.15, -0.1) is 11.3 Å². The van der Waals surface area contributed by atoms with Crippen LogP contribution in [0.1, 0.15) is 36.4 Å². The summed E-state index contributed by atoms with van der Waals surface area (Å²) in [7, 11) is 0. The van der Waals surface area contributed by atoms with Crippen LogP contribution in [-0.4, -0.2) is 33.5 Å². The molecule has 0 radical (unpaired) electrons. The van der Waals surface area contributed by atoms with Gasteiger partial charge in [0.1, 0.15) is 11.5 Å². The van der Waals surface area contributed by atoms with Crippen LogP contribution < -0.4 is 5.73 Å². The summed E-state index contributed by atoms with van der Waals surface area (Å²) in [6.07, 6.45) is 0.716. The highest BCUT2D eigenvalue weighted by Gasteiger charge is 2.26. The van der Waals surface area contributed by atoms with E-state index >= 15 is 0 Å². The van der Waals surface area contributed by atoms with Gasteiger partial charge in [-0.2, -0.15) is 5.10 Å². The number of thiophene rings is 1. The minimum atomic E-state index is -0.428. The number of furan rings is 1. The molecule has 7 nitrogen and oxygen atoms in total. The van der Waals surface area contributed by atoms with Crippen LogP contribution in [0.5, 0.6) is 0 Å². The molecular formula is C17H16N4O3S. The van der Waals surface area contributed by atoms with E-state index in [0.29, 0.717) is 41.5 Å². The molecule has 0 atom stereocenters. The van der Waals surface area contributed by atoms with Crippen molar-refractivity contribution < 1.29 is 14.0 Å². The molecule has 128 valence electrons. The Balaban J connectivity index is 1.53. The lowest BCUT2D eigenvalue weighted by Gasteiger charge is -2.26. The lowest BCUT2D eigenvalue weighted by Crippen LogP contribution is -2.35. The molecule has 2 amide bonds. The number of nitrogens with one attached hydrogen (secondary N) is 1. The molecule has 0 bridgehead atoms. The largest absolute Gasteiger partial charge is 0.460 e. The molecule has 0 saturated carbocycles. The molecule has 4 heterocycles. The van der Waals surface area contributed by atoms with Gasteiger partial charge in [0, 0.05) is 24.0 Å². The number of hydrogen-bond acceptors (Lipinski definition) is 5. The van der Waals surface area contributed by atoms with Crippen molar-refractivity contribution in [3.05, 3.63) is 51.0 Å². The third-order valence-electron chi connectivity index (χ3n) is 4.20. The Bertz CT molecular complexity index is 968. The van der Waals surface area contributed by atoms with Crippen molar-refractivity contribution >= 4 is 23.2 Å². The molecule has 25 heavy (non-hydrogen) atoms. The second kappa shape index (κ2) is 5.89. The maximum absolute atomic E-state index is 12.7. The SMILES string of the molecule is Cc1ccc(-c2cc(C(=O)N3CCc4sc(C(N)=O)cc4C3)n[nH]2)o1. The zero-order valence-electron chi connectivity index (χ0n) is 13.5. The van der Waals surface area contributed by atoms with Gasteiger partial charge in [-0.1, -0.05) is 0 Å². The topological polar surface area (TPSA) is 105 Å². The number of aryl methyl sites for hydroxylation is 1. The molecule has 0 fully saturated rings. The molecule has 8 heteroatoms. The lowest BCUT2D eigenvalue weighted by molar-refractivity contribution is 0.0730. The first-order valence-electron chi connectivity index (χ1n) is 7.84. The fourth-order valence-corrected chi connectivity index (χ4v) is 3.94. The summed E-state index contributed by atoms with van der Waals surface area (Å²) in [4.78, 5) is 27.4. The zero-order chi connectivity index (χ0) is 17.6. The van der Waals surface area contributed by atoms with E-state index in [2.05, 4.69) is 10.2 Å². The van der Waals surface area contributed by atoms with Crippen molar-refractivity contribution in [2.45, 2.75) is 19.9 Å². The van der Waals surface area contributed by atoms with E-state index in [1.54, 1.807) is 17.0 Å². The van der Waals surface area contributed by atoms with Crippen LogP contribution in [0.25, 0.3) is 11.5 Å². The summed E-state index contributed by atoms with van der Waals surface area (Å²) in [6, 6.07) is 7.17. The second-order valence-corrected chi connectivity index (χ2v) is 7.11. The number of rotatable bonds is 3. The Hall–Kier alpha value is -2.87. The number of hydrogen-bond donors (Lipinski definition) is 2. The van der Waals surface area contributed by atoms with Gasteiger partial charge in [-0.3, -0.25) is 14.7 Å². The van der Waals surface area contributed by atoms with Gasteiger partial charge in [-0.05, 0) is 37.1 Å². The number of primary amides is 1. The fourth-order valence-electron chi connectivity index (χ4n) is 2.93. The van der Waals surface area contributed by atoms with Crippen LogP contribution in [0.4, 0.5) is 0 Å². The molecular weight excluding hydrogens is 340 g/mol. The number of carbonyl (C=O) groups is 2. The molecule has 3 N–H and O–H groups in total. The summed E-state index contributed by atoms with van der Waals surface area (Å²) in [5.41, 5.74) is 7.33. The molecule has 3 aromatic rings. The Morgan fingerprint density at radius 1 is 1.36 bits per heavy atom. The molecule has 0 spiro atoms. The van der Waals surface area contributed by atoms with Gasteiger partial charge < -0.3 is 15.1 Å². The smallest absolute Gasteiger partial charge is 0.274 e. The minimum Gasteiger partial charge on any atom is -0.460 e. The maximum Gasteiger partial charge on any atom is 0.274 e. The Morgan fingerprint density at radius 3 is 2.92 bits per heavy atom. The van der Waals surface area contributed by atoms with E-state index in [0.717, 1.165) is 16.2 Å². The molecule has 1 aliphatic heterocycles.